The Morgan fingerprint density at radius 2 is 1.64 bits per heavy atom. The van der Waals surface area contributed by atoms with Crippen LogP contribution in [0.15, 0.2) is 77.7 Å². The molecule has 11 heteroatoms. The van der Waals surface area contributed by atoms with E-state index >= 15 is 0 Å². The van der Waals surface area contributed by atoms with Gasteiger partial charge >= 0.3 is 6.18 Å². The van der Waals surface area contributed by atoms with Crippen LogP contribution in [0.2, 0.25) is 0 Å². The first-order chi connectivity index (χ1) is 17.0. The molecule has 0 bridgehead atoms. The van der Waals surface area contributed by atoms with Gasteiger partial charge in [-0.05, 0) is 59.2 Å². The van der Waals surface area contributed by atoms with E-state index < -0.39 is 46.1 Å². The van der Waals surface area contributed by atoms with Gasteiger partial charge in [0.15, 0.2) is 0 Å². The molecule has 0 atom stereocenters. The van der Waals surface area contributed by atoms with Crippen LogP contribution in [0, 0.1) is 5.82 Å². The second-order valence-corrected chi connectivity index (χ2v) is 10.1. The highest BCUT2D eigenvalue weighted by molar-refractivity contribution is 7.89. The molecule has 6 nitrogen and oxygen atoms in total. The third-order valence-electron chi connectivity index (χ3n) is 5.71. The summed E-state index contributed by atoms with van der Waals surface area (Å²) in [5.74, 6) is -1.13. The first-order valence-corrected chi connectivity index (χ1v) is 12.4. The number of carbonyl (C=O) groups is 1. The van der Waals surface area contributed by atoms with Gasteiger partial charge < -0.3 is 10.1 Å². The molecule has 0 radical (unpaired) electrons. The lowest BCUT2D eigenvalue weighted by atomic mass is 10.0. The Labute approximate surface area is 205 Å². The summed E-state index contributed by atoms with van der Waals surface area (Å²) in [5.41, 5.74) is 1.19. The first-order valence-electron chi connectivity index (χ1n) is 10.9. The van der Waals surface area contributed by atoms with Crippen LogP contribution in [0.4, 0.5) is 17.6 Å². The number of carbonyl (C=O) groups excluding carboxylic acids is 1. The van der Waals surface area contributed by atoms with Crippen molar-refractivity contribution in [3.05, 3.63) is 89.7 Å². The quantitative estimate of drug-likeness (QED) is 0.450. The maximum Gasteiger partial charge on any atom is 0.416 e. The molecule has 1 fully saturated rings. The van der Waals surface area contributed by atoms with Gasteiger partial charge in [0.2, 0.25) is 15.9 Å². The lowest BCUT2D eigenvalue weighted by Crippen LogP contribution is -2.54. The Kier molecular flexibility index (Phi) is 7.43. The first kappa shape index (κ1) is 25.8. The van der Waals surface area contributed by atoms with E-state index in [1.54, 1.807) is 24.3 Å². The highest BCUT2D eigenvalue weighted by Crippen LogP contribution is 2.31. The summed E-state index contributed by atoms with van der Waals surface area (Å²) in [6.07, 6.45) is -4.42. The highest BCUT2D eigenvalue weighted by atomic mass is 32.2. The van der Waals surface area contributed by atoms with Gasteiger partial charge in [-0.25, -0.2) is 12.8 Å². The molecule has 3 aromatic carbocycles. The molecule has 1 aliphatic rings. The van der Waals surface area contributed by atoms with Crippen LogP contribution >= 0.6 is 0 Å². The molecule has 0 spiro atoms. The largest absolute Gasteiger partial charge is 0.416 e. The molecule has 0 saturated carbocycles. The Morgan fingerprint density at radius 1 is 0.972 bits per heavy atom. The van der Waals surface area contributed by atoms with Gasteiger partial charge in [0, 0.05) is 6.54 Å². The molecule has 0 aromatic heterocycles. The SMILES string of the molecule is O=C(CN(C1COC1)S(=O)(=O)c1ccc(F)cc1)NCc1cccc(-c2ccc(C(F)(F)F)cc2)c1. The molecule has 1 N–H and O–H groups in total. The van der Waals surface area contributed by atoms with E-state index in [1.807, 2.05) is 0 Å². The lowest BCUT2D eigenvalue weighted by Gasteiger charge is -2.35. The van der Waals surface area contributed by atoms with Crippen molar-refractivity contribution in [3.63, 3.8) is 0 Å². The predicted octanol–water partition coefficient (Wildman–Crippen LogP) is 4.22. The topological polar surface area (TPSA) is 75.7 Å². The molecule has 0 unspecified atom stereocenters. The molecular weight excluding hydrogens is 500 g/mol. The van der Waals surface area contributed by atoms with Crippen LogP contribution in [-0.4, -0.2) is 44.4 Å². The Balaban J connectivity index is 1.43. The molecule has 1 amide bonds. The van der Waals surface area contributed by atoms with Crippen LogP contribution in [0.5, 0.6) is 0 Å². The molecule has 4 rings (SSSR count). The molecule has 1 heterocycles. The number of halogens is 4. The highest BCUT2D eigenvalue weighted by Gasteiger charge is 2.37. The lowest BCUT2D eigenvalue weighted by molar-refractivity contribution is -0.137. The molecule has 1 saturated heterocycles. The molecule has 1 aliphatic heterocycles. The van der Waals surface area contributed by atoms with Crippen LogP contribution in [0.25, 0.3) is 11.1 Å². The Bertz CT molecular complexity index is 1320. The average Bonchev–Trinajstić information content (AvgIpc) is 2.81. The number of amides is 1. The monoisotopic (exact) mass is 522 g/mol. The van der Waals surface area contributed by atoms with Gasteiger partial charge in [0.25, 0.3) is 0 Å². The summed E-state index contributed by atoms with van der Waals surface area (Å²) in [6.45, 7) is -0.0863. The standard InChI is InChI=1S/C25H22F4N2O4S/c26-21-8-10-23(11-9-21)36(33,34)31(22-15-35-16-22)14-24(32)30-13-17-2-1-3-19(12-17)18-4-6-20(7-5-18)25(27,28)29/h1-12,22H,13-16H2,(H,30,32). The summed E-state index contributed by atoms with van der Waals surface area (Å²) < 4.78 is 84.0. The van der Waals surface area contributed by atoms with Crippen molar-refractivity contribution >= 4 is 15.9 Å². The van der Waals surface area contributed by atoms with Crippen molar-refractivity contribution in [1.29, 1.82) is 0 Å². The van der Waals surface area contributed by atoms with E-state index in [0.717, 1.165) is 40.7 Å². The fraction of sp³-hybridized carbons (Fsp3) is 0.240. The van der Waals surface area contributed by atoms with Crippen molar-refractivity contribution in [2.45, 2.75) is 23.7 Å². The number of nitrogens with zero attached hydrogens (tertiary/aromatic N) is 1. The summed E-state index contributed by atoms with van der Waals surface area (Å²) >= 11 is 0. The molecule has 0 aliphatic carbocycles. The number of hydrogen-bond acceptors (Lipinski definition) is 4. The smallest absolute Gasteiger partial charge is 0.378 e. The zero-order chi connectivity index (χ0) is 25.9. The third kappa shape index (κ3) is 5.92. The molecule has 36 heavy (non-hydrogen) atoms. The van der Waals surface area contributed by atoms with E-state index in [9.17, 15) is 30.8 Å². The van der Waals surface area contributed by atoms with E-state index in [0.29, 0.717) is 16.7 Å². The fourth-order valence-corrected chi connectivity index (χ4v) is 5.20. The minimum Gasteiger partial charge on any atom is -0.378 e. The number of hydrogen-bond donors (Lipinski definition) is 1. The van der Waals surface area contributed by atoms with Gasteiger partial charge in [-0.15, -0.1) is 0 Å². The average molecular weight is 523 g/mol. The number of rotatable bonds is 8. The predicted molar refractivity (Wildman–Crippen MR) is 124 cm³/mol. The minimum atomic E-state index is -4.42. The van der Waals surface area contributed by atoms with Crippen molar-refractivity contribution in [2.75, 3.05) is 19.8 Å². The summed E-state index contributed by atoms with van der Waals surface area (Å²) in [4.78, 5) is 12.5. The maximum absolute atomic E-state index is 13.2. The van der Waals surface area contributed by atoms with Gasteiger partial charge in [-0.2, -0.15) is 17.5 Å². The van der Waals surface area contributed by atoms with Crippen LogP contribution in [0.1, 0.15) is 11.1 Å². The van der Waals surface area contributed by atoms with Crippen molar-refractivity contribution < 1.29 is 35.5 Å². The maximum atomic E-state index is 13.2. The van der Waals surface area contributed by atoms with E-state index in [4.69, 9.17) is 4.74 Å². The van der Waals surface area contributed by atoms with Crippen molar-refractivity contribution in [1.82, 2.24) is 9.62 Å². The van der Waals surface area contributed by atoms with Crippen LogP contribution in [0.3, 0.4) is 0 Å². The second-order valence-electron chi connectivity index (χ2n) is 8.25. The Morgan fingerprint density at radius 3 is 2.22 bits per heavy atom. The van der Waals surface area contributed by atoms with Crippen LogP contribution < -0.4 is 5.32 Å². The number of nitrogens with one attached hydrogen (secondary N) is 1. The summed E-state index contributed by atoms with van der Waals surface area (Å²) in [7, 11) is -4.07. The number of ether oxygens (including phenoxy) is 1. The zero-order valence-electron chi connectivity index (χ0n) is 18.8. The van der Waals surface area contributed by atoms with E-state index in [1.165, 1.54) is 12.1 Å². The summed E-state index contributed by atoms with van der Waals surface area (Å²) in [5, 5.41) is 2.68. The van der Waals surface area contributed by atoms with Gasteiger partial charge in [-0.3, -0.25) is 4.79 Å². The fourth-order valence-electron chi connectivity index (χ4n) is 3.65. The molecular formula is C25H22F4N2O4S. The third-order valence-corrected chi connectivity index (χ3v) is 7.62. The minimum absolute atomic E-state index is 0.0823. The van der Waals surface area contributed by atoms with Gasteiger partial charge in [0.05, 0.1) is 36.3 Å². The molecule has 3 aromatic rings. The number of benzene rings is 3. The molecule has 190 valence electrons. The second kappa shape index (κ2) is 10.4. The van der Waals surface area contributed by atoms with Crippen molar-refractivity contribution in [2.24, 2.45) is 0 Å². The van der Waals surface area contributed by atoms with E-state index in [2.05, 4.69) is 5.32 Å². The van der Waals surface area contributed by atoms with Gasteiger partial charge in [-0.1, -0.05) is 30.3 Å². The van der Waals surface area contributed by atoms with E-state index in [-0.39, 0.29) is 24.7 Å². The van der Waals surface area contributed by atoms with Gasteiger partial charge in [0.1, 0.15) is 5.82 Å². The van der Waals surface area contributed by atoms with Crippen LogP contribution in [-0.2, 0) is 32.3 Å². The van der Waals surface area contributed by atoms with Crippen molar-refractivity contribution in [3.8, 4) is 11.1 Å². The normalized spacial score (nSPS) is 14.5. The zero-order valence-corrected chi connectivity index (χ0v) is 19.7. The number of sulfonamides is 1. The number of alkyl halides is 3. The Hall–Kier alpha value is -3.28. The summed E-state index contributed by atoms with van der Waals surface area (Å²) in [6, 6.07) is 15.5.